The lowest BCUT2D eigenvalue weighted by Gasteiger charge is -2.29. The molecule has 1 heterocycles. The number of anilines is 1. The number of nitrogens with one attached hydrogen (secondary N) is 1. The van der Waals surface area contributed by atoms with Gasteiger partial charge in [-0.1, -0.05) is 6.42 Å². The van der Waals surface area contributed by atoms with E-state index in [4.69, 9.17) is 5.84 Å². The number of nitrogen functional groups attached to an aromatic ring is 1. The summed E-state index contributed by atoms with van der Waals surface area (Å²) in [6.07, 6.45) is 4.87. The monoisotopic (exact) mass is 270 g/mol. The number of rotatable bonds is 5. The van der Waals surface area contributed by atoms with E-state index in [-0.39, 0.29) is 4.90 Å². The Labute approximate surface area is 107 Å². The van der Waals surface area contributed by atoms with Crippen molar-refractivity contribution in [3.05, 3.63) is 18.3 Å². The number of hydrogen-bond donors (Lipinski definition) is 2. The number of hydrogen-bond acceptors (Lipinski definition) is 5. The van der Waals surface area contributed by atoms with Crippen LogP contribution in [0, 0.1) is 5.92 Å². The Morgan fingerprint density at radius 3 is 2.83 bits per heavy atom. The molecule has 0 radical (unpaired) electrons. The summed E-state index contributed by atoms with van der Waals surface area (Å²) in [5, 5.41) is 0. The summed E-state index contributed by atoms with van der Waals surface area (Å²) in [5.41, 5.74) is 2.35. The summed E-state index contributed by atoms with van der Waals surface area (Å²) in [6, 6.07) is 2.92. The van der Waals surface area contributed by atoms with Crippen molar-refractivity contribution < 1.29 is 8.42 Å². The first-order valence-electron chi connectivity index (χ1n) is 5.93. The van der Waals surface area contributed by atoms with Crippen LogP contribution in [-0.4, -0.2) is 31.3 Å². The Morgan fingerprint density at radius 1 is 1.56 bits per heavy atom. The van der Waals surface area contributed by atoms with E-state index in [1.807, 2.05) is 0 Å². The Balaban J connectivity index is 2.17. The van der Waals surface area contributed by atoms with Crippen LogP contribution in [0.4, 0.5) is 5.82 Å². The molecule has 1 fully saturated rings. The normalized spacial score (nSPS) is 16.6. The van der Waals surface area contributed by atoms with Crippen LogP contribution in [0.15, 0.2) is 23.2 Å². The lowest BCUT2D eigenvalue weighted by atomic mass is 9.86. The predicted octanol–water partition coefficient (Wildman–Crippen LogP) is 0.788. The molecule has 1 aliphatic rings. The first-order valence-corrected chi connectivity index (χ1v) is 7.37. The minimum absolute atomic E-state index is 0.215. The van der Waals surface area contributed by atoms with Gasteiger partial charge in [0.1, 0.15) is 5.82 Å². The van der Waals surface area contributed by atoms with Crippen LogP contribution in [0.5, 0.6) is 0 Å². The summed E-state index contributed by atoms with van der Waals surface area (Å²) < 4.78 is 26.0. The Kier molecular flexibility index (Phi) is 3.84. The summed E-state index contributed by atoms with van der Waals surface area (Å²) >= 11 is 0. The first kappa shape index (κ1) is 13.3. The number of sulfonamides is 1. The number of nitrogens with two attached hydrogens (primary N) is 1. The average molecular weight is 270 g/mol. The third-order valence-electron chi connectivity index (χ3n) is 3.33. The second-order valence-corrected chi connectivity index (χ2v) is 6.65. The van der Waals surface area contributed by atoms with Gasteiger partial charge in [-0.2, -0.15) is 0 Å². The standard InChI is InChI=1S/C11H18N4O2S/c1-15(8-9-3-2-4-9)18(16,17)10-5-6-13-11(7-10)14-12/h5-7,9H,2-4,8,12H2,1H3,(H,13,14). The van der Waals surface area contributed by atoms with Gasteiger partial charge < -0.3 is 5.43 Å². The van der Waals surface area contributed by atoms with Gasteiger partial charge in [-0.25, -0.2) is 23.5 Å². The van der Waals surface area contributed by atoms with Gasteiger partial charge in [0.2, 0.25) is 10.0 Å². The molecule has 0 amide bonds. The van der Waals surface area contributed by atoms with Gasteiger partial charge in [-0.15, -0.1) is 0 Å². The van der Waals surface area contributed by atoms with E-state index in [0.717, 1.165) is 12.8 Å². The van der Waals surface area contributed by atoms with Crippen LogP contribution in [0.1, 0.15) is 19.3 Å². The van der Waals surface area contributed by atoms with Crippen molar-refractivity contribution >= 4 is 15.8 Å². The quantitative estimate of drug-likeness (QED) is 0.610. The van der Waals surface area contributed by atoms with Crippen molar-refractivity contribution in [2.75, 3.05) is 19.0 Å². The average Bonchev–Trinajstić information content (AvgIpc) is 2.33. The lowest BCUT2D eigenvalue weighted by molar-refractivity contribution is 0.263. The molecule has 0 bridgehead atoms. The van der Waals surface area contributed by atoms with Gasteiger partial charge in [-0.3, -0.25) is 0 Å². The second-order valence-electron chi connectivity index (χ2n) is 4.60. The number of nitrogens with zero attached hydrogens (tertiary/aromatic N) is 2. The molecular weight excluding hydrogens is 252 g/mol. The molecule has 0 atom stereocenters. The van der Waals surface area contributed by atoms with Crippen LogP contribution in [0.3, 0.4) is 0 Å². The Bertz CT molecular complexity index is 514. The third kappa shape index (κ3) is 2.63. The molecule has 6 nitrogen and oxygen atoms in total. The summed E-state index contributed by atoms with van der Waals surface area (Å²) in [4.78, 5) is 4.12. The highest BCUT2D eigenvalue weighted by Crippen LogP contribution is 2.28. The maximum Gasteiger partial charge on any atom is 0.243 e. The van der Waals surface area contributed by atoms with E-state index in [2.05, 4.69) is 10.4 Å². The van der Waals surface area contributed by atoms with Gasteiger partial charge in [-0.05, 0) is 24.8 Å². The Hall–Kier alpha value is -1.18. The van der Waals surface area contributed by atoms with Crippen molar-refractivity contribution in [2.45, 2.75) is 24.2 Å². The molecule has 18 heavy (non-hydrogen) atoms. The van der Waals surface area contributed by atoms with E-state index < -0.39 is 10.0 Å². The van der Waals surface area contributed by atoms with Crippen molar-refractivity contribution in [1.82, 2.24) is 9.29 Å². The molecule has 0 aromatic carbocycles. The van der Waals surface area contributed by atoms with E-state index in [0.29, 0.717) is 18.3 Å². The first-order chi connectivity index (χ1) is 8.54. The molecule has 1 aliphatic carbocycles. The van der Waals surface area contributed by atoms with Crippen molar-refractivity contribution in [2.24, 2.45) is 11.8 Å². The molecule has 0 spiro atoms. The maximum absolute atomic E-state index is 12.3. The molecule has 100 valence electrons. The SMILES string of the molecule is CN(CC1CCC1)S(=O)(=O)c1ccnc(NN)c1. The van der Waals surface area contributed by atoms with Gasteiger partial charge in [0.05, 0.1) is 4.90 Å². The zero-order valence-corrected chi connectivity index (χ0v) is 11.2. The largest absolute Gasteiger partial charge is 0.308 e. The van der Waals surface area contributed by atoms with E-state index >= 15 is 0 Å². The highest BCUT2D eigenvalue weighted by molar-refractivity contribution is 7.89. The van der Waals surface area contributed by atoms with Crippen LogP contribution in [-0.2, 0) is 10.0 Å². The van der Waals surface area contributed by atoms with E-state index in [1.54, 1.807) is 7.05 Å². The molecule has 1 aromatic rings. The Morgan fingerprint density at radius 2 is 2.28 bits per heavy atom. The number of hydrazine groups is 1. The number of aromatic nitrogens is 1. The maximum atomic E-state index is 12.3. The topological polar surface area (TPSA) is 88.3 Å². The zero-order chi connectivity index (χ0) is 13.2. The van der Waals surface area contributed by atoms with Gasteiger partial charge in [0.25, 0.3) is 0 Å². The fourth-order valence-corrected chi connectivity index (χ4v) is 3.23. The van der Waals surface area contributed by atoms with Crippen LogP contribution in [0.2, 0.25) is 0 Å². The smallest absolute Gasteiger partial charge is 0.243 e. The lowest BCUT2D eigenvalue weighted by Crippen LogP contribution is -2.34. The van der Waals surface area contributed by atoms with E-state index in [9.17, 15) is 8.42 Å². The van der Waals surface area contributed by atoms with Crippen molar-refractivity contribution in [1.29, 1.82) is 0 Å². The molecule has 0 aliphatic heterocycles. The van der Waals surface area contributed by atoms with E-state index in [1.165, 1.54) is 29.1 Å². The van der Waals surface area contributed by atoms with Crippen molar-refractivity contribution in [3.63, 3.8) is 0 Å². The van der Waals surface area contributed by atoms with Gasteiger partial charge in [0.15, 0.2) is 0 Å². The fraction of sp³-hybridized carbons (Fsp3) is 0.545. The molecule has 2 rings (SSSR count). The third-order valence-corrected chi connectivity index (χ3v) is 5.15. The highest BCUT2D eigenvalue weighted by Gasteiger charge is 2.26. The fourth-order valence-electron chi connectivity index (χ4n) is 1.97. The van der Waals surface area contributed by atoms with Gasteiger partial charge in [0, 0.05) is 25.9 Å². The molecular formula is C11H18N4O2S. The molecule has 0 unspecified atom stereocenters. The number of pyridine rings is 1. The second kappa shape index (κ2) is 5.21. The van der Waals surface area contributed by atoms with Gasteiger partial charge >= 0.3 is 0 Å². The minimum atomic E-state index is -3.45. The van der Waals surface area contributed by atoms with Crippen LogP contribution < -0.4 is 11.3 Å². The summed E-state index contributed by atoms with van der Waals surface area (Å²) in [5.74, 6) is 6.07. The molecule has 1 saturated carbocycles. The molecule has 3 N–H and O–H groups in total. The minimum Gasteiger partial charge on any atom is -0.308 e. The highest BCUT2D eigenvalue weighted by atomic mass is 32.2. The summed E-state index contributed by atoms with van der Waals surface area (Å²) in [6.45, 7) is 0.579. The van der Waals surface area contributed by atoms with Crippen LogP contribution in [0.25, 0.3) is 0 Å². The predicted molar refractivity (Wildman–Crippen MR) is 69.2 cm³/mol. The summed E-state index contributed by atoms with van der Waals surface area (Å²) in [7, 11) is -1.83. The van der Waals surface area contributed by atoms with Crippen LogP contribution >= 0.6 is 0 Å². The molecule has 1 aromatic heterocycles. The molecule has 0 saturated heterocycles. The van der Waals surface area contributed by atoms with Crippen molar-refractivity contribution in [3.8, 4) is 0 Å². The molecule has 7 heteroatoms. The zero-order valence-electron chi connectivity index (χ0n) is 10.3.